The van der Waals surface area contributed by atoms with Gasteiger partial charge in [-0.3, -0.25) is 4.79 Å². The number of halogens is 1. The number of amides is 1. The predicted molar refractivity (Wildman–Crippen MR) is 89.1 cm³/mol. The number of anilines is 2. The Kier molecular flexibility index (Phi) is 5.28. The highest BCUT2D eigenvalue weighted by Crippen LogP contribution is 2.15. The number of pyridine rings is 1. The monoisotopic (exact) mass is 356 g/mol. The first-order valence-corrected chi connectivity index (χ1v) is 7.24. The van der Waals surface area contributed by atoms with Gasteiger partial charge in [0.15, 0.2) is 0 Å². The Bertz CT molecular complexity index is 730. The van der Waals surface area contributed by atoms with E-state index in [0.29, 0.717) is 11.5 Å². The van der Waals surface area contributed by atoms with Gasteiger partial charge in [-0.25, -0.2) is 4.98 Å². The summed E-state index contributed by atoms with van der Waals surface area (Å²) in [4.78, 5) is 16.2. The van der Waals surface area contributed by atoms with Crippen molar-refractivity contribution in [3.05, 3.63) is 64.4 Å². The molecular weight excluding hydrogens is 344 g/mol. The van der Waals surface area contributed by atoms with Crippen LogP contribution in [0.3, 0.4) is 0 Å². The zero-order valence-electron chi connectivity index (χ0n) is 11.8. The molecule has 22 heavy (non-hydrogen) atoms. The minimum atomic E-state index is -0.482. The fourth-order valence-corrected chi connectivity index (χ4v) is 1.84. The van der Waals surface area contributed by atoms with Gasteiger partial charge in [0.25, 0.3) is 5.91 Å². The van der Waals surface area contributed by atoms with Gasteiger partial charge in [0.2, 0.25) is 0 Å². The van der Waals surface area contributed by atoms with E-state index in [1.54, 1.807) is 36.5 Å². The summed E-state index contributed by atoms with van der Waals surface area (Å²) in [5, 5.41) is 14.6. The molecule has 6 heteroatoms. The summed E-state index contributed by atoms with van der Waals surface area (Å²) < 4.78 is 0.911. The van der Waals surface area contributed by atoms with Crippen LogP contribution in [-0.2, 0) is 4.79 Å². The van der Waals surface area contributed by atoms with Gasteiger partial charge in [-0.15, -0.1) is 0 Å². The number of nitrogens with one attached hydrogen (secondary N) is 2. The maximum Gasteiger partial charge on any atom is 0.267 e. The normalized spacial score (nSPS) is 10.7. The average molecular weight is 357 g/mol. The van der Waals surface area contributed by atoms with Crippen molar-refractivity contribution in [2.75, 3.05) is 10.6 Å². The zero-order chi connectivity index (χ0) is 15.9. The van der Waals surface area contributed by atoms with Crippen LogP contribution in [0.4, 0.5) is 11.5 Å². The van der Waals surface area contributed by atoms with E-state index in [4.69, 9.17) is 5.26 Å². The molecule has 1 amide bonds. The van der Waals surface area contributed by atoms with Crippen molar-refractivity contribution in [1.82, 2.24) is 4.98 Å². The summed E-state index contributed by atoms with van der Waals surface area (Å²) in [7, 11) is 0. The van der Waals surface area contributed by atoms with Gasteiger partial charge in [0.05, 0.1) is 0 Å². The number of carbonyl (C=O) groups excluding carboxylic acids is 1. The van der Waals surface area contributed by atoms with E-state index in [-0.39, 0.29) is 5.57 Å². The molecule has 0 aliphatic carbocycles. The van der Waals surface area contributed by atoms with Crippen LogP contribution in [0, 0.1) is 18.3 Å². The van der Waals surface area contributed by atoms with Crippen LogP contribution in [0.1, 0.15) is 5.56 Å². The summed E-state index contributed by atoms with van der Waals surface area (Å²) in [6.45, 7) is 1.93. The number of carbonyl (C=O) groups is 1. The Morgan fingerprint density at radius 1 is 1.27 bits per heavy atom. The summed E-state index contributed by atoms with van der Waals surface area (Å²) in [5.74, 6) is 0.0826. The highest BCUT2D eigenvalue weighted by molar-refractivity contribution is 9.10. The van der Waals surface area contributed by atoms with Crippen LogP contribution >= 0.6 is 15.9 Å². The summed E-state index contributed by atoms with van der Waals surface area (Å²) in [5.41, 5.74) is 1.61. The molecule has 0 aliphatic heterocycles. The van der Waals surface area contributed by atoms with Crippen LogP contribution in [-0.4, -0.2) is 10.9 Å². The molecule has 0 bridgehead atoms. The van der Waals surface area contributed by atoms with Crippen LogP contribution in [0.15, 0.2) is 58.8 Å². The van der Waals surface area contributed by atoms with Crippen LogP contribution < -0.4 is 10.6 Å². The van der Waals surface area contributed by atoms with Gasteiger partial charge in [-0.05, 0) is 42.8 Å². The standard InChI is InChI=1S/C16H13BrN4O/c1-11-2-7-15(19-9-11)20-10-12(8-18)16(22)21-14-5-3-13(17)4-6-14/h2-7,9-10H,1H3,(H,19,20)(H,21,22)/b12-10-. The maximum absolute atomic E-state index is 12.0. The average Bonchev–Trinajstić information content (AvgIpc) is 2.52. The molecule has 2 rings (SSSR count). The highest BCUT2D eigenvalue weighted by Gasteiger charge is 2.09. The molecule has 1 aromatic carbocycles. The van der Waals surface area contributed by atoms with Crippen LogP contribution in [0.5, 0.6) is 0 Å². The third kappa shape index (κ3) is 4.43. The number of benzene rings is 1. The van der Waals surface area contributed by atoms with E-state index in [1.165, 1.54) is 6.20 Å². The van der Waals surface area contributed by atoms with Gasteiger partial charge in [-0.1, -0.05) is 22.0 Å². The van der Waals surface area contributed by atoms with E-state index in [1.807, 2.05) is 19.1 Å². The van der Waals surface area contributed by atoms with E-state index in [9.17, 15) is 4.79 Å². The molecule has 1 heterocycles. The van der Waals surface area contributed by atoms with E-state index in [2.05, 4.69) is 31.5 Å². The highest BCUT2D eigenvalue weighted by atomic mass is 79.9. The number of rotatable bonds is 4. The third-order valence-corrected chi connectivity index (χ3v) is 3.27. The number of hydrogen-bond acceptors (Lipinski definition) is 4. The molecule has 0 atom stereocenters. The van der Waals surface area contributed by atoms with Crippen molar-refractivity contribution in [3.63, 3.8) is 0 Å². The Labute approximate surface area is 136 Å². The molecule has 2 aromatic rings. The first-order valence-electron chi connectivity index (χ1n) is 6.45. The lowest BCUT2D eigenvalue weighted by molar-refractivity contribution is -0.112. The molecular formula is C16H13BrN4O. The quantitative estimate of drug-likeness (QED) is 0.647. The maximum atomic E-state index is 12.0. The number of aromatic nitrogens is 1. The van der Waals surface area contributed by atoms with E-state index >= 15 is 0 Å². The second-order valence-corrected chi connectivity index (χ2v) is 5.41. The lowest BCUT2D eigenvalue weighted by Crippen LogP contribution is -2.14. The van der Waals surface area contributed by atoms with Gasteiger partial charge in [0.1, 0.15) is 17.5 Å². The molecule has 1 aromatic heterocycles. The molecule has 110 valence electrons. The van der Waals surface area contributed by atoms with Gasteiger partial charge in [-0.2, -0.15) is 5.26 Å². The number of nitrogens with zero attached hydrogens (tertiary/aromatic N) is 2. The molecule has 0 unspecified atom stereocenters. The number of aryl methyl sites for hydroxylation is 1. The fourth-order valence-electron chi connectivity index (χ4n) is 1.58. The molecule has 5 nitrogen and oxygen atoms in total. The van der Waals surface area contributed by atoms with Crippen LogP contribution in [0.2, 0.25) is 0 Å². The molecule has 0 saturated carbocycles. The number of nitriles is 1. The molecule has 0 spiro atoms. The van der Waals surface area contributed by atoms with Gasteiger partial charge < -0.3 is 10.6 Å². The van der Waals surface area contributed by atoms with E-state index in [0.717, 1.165) is 10.0 Å². The smallest absolute Gasteiger partial charge is 0.267 e. The van der Waals surface area contributed by atoms with Crippen molar-refractivity contribution < 1.29 is 4.79 Å². The van der Waals surface area contributed by atoms with Gasteiger partial charge in [0, 0.05) is 22.6 Å². The predicted octanol–water partition coefficient (Wildman–Crippen LogP) is 3.61. The summed E-state index contributed by atoms with van der Waals surface area (Å²) in [6, 6.07) is 12.6. The minimum absolute atomic E-state index is 0.0368. The van der Waals surface area contributed by atoms with Crippen molar-refractivity contribution in [2.45, 2.75) is 6.92 Å². The summed E-state index contributed by atoms with van der Waals surface area (Å²) >= 11 is 3.32. The lowest BCUT2D eigenvalue weighted by atomic mass is 10.2. The van der Waals surface area contributed by atoms with Crippen molar-refractivity contribution in [3.8, 4) is 6.07 Å². The van der Waals surface area contributed by atoms with E-state index < -0.39 is 5.91 Å². The van der Waals surface area contributed by atoms with Crippen molar-refractivity contribution in [2.24, 2.45) is 0 Å². The molecule has 0 fully saturated rings. The van der Waals surface area contributed by atoms with Gasteiger partial charge >= 0.3 is 0 Å². The Hall–Kier alpha value is -2.65. The Morgan fingerprint density at radius 2 is 2.00 bits per heavy atom. The lowest BCUT2D eigenvalue weighted by Gasteiger charge is -2.05. The minimum Gasteiger partial charge on any atom is -0.345 e. The first kappa shape index (κ1) is 15.7. The second kappa shape index (κ2) is 7.38. The van der Waals surface area contributed by atoms with Crippen molar-refractivity contribution >= 4 is 33.3 Å². The molecule has 0 aliphatic rings. The molecule has 0 radical (unpaired) electrons. The Morgan fingerprint density at radius 3 is 2.59 bits per heavy atom. The fraction of sp³-hybridized carbons (Fsp3) is 0.0625. The topological polar surface area (TPSA) is 77.8 Å². The number of hydrogen-bond donors (Lipinski definition) is 2. The Balaban J connectivity index is 2.05. The third-order valence-electron chi connectivity index (χ3n) is 2.74. The van der Waals surface area contributed by atoms with Crippen molar-refractivity contribution in [1.29, 1.82) is 5.26 Å². The SMILES string of the molecule is Cc1ccc(N/C=C(/C#N)C(=O)Nc2ccc(Br)cc2)nc1. The molecule has 0 saturated heterocycles. The second-order valence-electron chi connectivity index (χ2n) is 4.50. The largest absolute Gasteiger partial charge is 0.345 e. The summed E-state index contributed by atoms with van der Waals surface area (Å²) in [6.07, 6.45) is 3.04. The zero-order valence-corrected chi connectivity index (χ0v) is 13.4. The molecule has 2 N–H and O–H groups in total. The van der Waals surface area contributed by atoms with Crippen LogP contribution in [0.25, 0.3) is 0 Å². The first-order chi connectivity index (χ1) is 10.6.